The van der Waals surface area contributed by atoms with Crippen LogP contribution < -0.4 is 9.47 Å². The molecule has 5 heteroatoms. The van der Waals surface area contributed by atoms with Crippen molar-refractivity contribution in [1.29, 1.82) is 5.26 Å². The van der Waals surface area contributed by atoms with Crippen LogP contribution in [0.4, 0.5) is 4.39 Å². The van der Waals surface area contributed by atoms with Gasteiger partial charge in [-0.05, 0) is 54.0 Å². The molecule has 0 saturated heterocycles. The van der Waals surface area contributed by atoms with Crippen molar-refractivity contribution in [2.45, 2.75) is 13.5 Å². The molecule has 0 bridgehead atoms. The summed E-state index contributed by atoms with van der Waals surface area (Å²) >= 11 is 3.54. The summed E-state index contributed by atoms with van der Waals surface area (Å²) in [7, 11) is 0. The van der Waals surface area contributed by atoms with E-state index in [1.165, 1.54) is 12.1 Å². The van der Waals surface area contributed by atoms with Crippen molar-refractivity contribution in [3.8, 4) is 17.6 Å². The fraction of sp³-hybridized carbons (Fsp3) is 0.125. The molecule has 0 atom stereocenters. The maximum atomic E-state index is 13.5. The predicted molar refractivity (Wildman–Crippen MR) is 116 cm³/mol. The lowest BCUT2D eigenvalue weighted by atomic mass is 10.0. The second-order valence-electron chi connectivity index (χ2n) is 6.21. The summed E-state index contributed by atoms with van der Waals surface area (Å²) < 4.78 is 26.0. The van der Waals surface area contributed by atoms with E-state index >= 15 is 0 Å². The molecular formula is C24H19BrFNO2. The molecule has 29 heavy (non-hydrogen) atoms. The average molecular weight is 452 g/mol. The zero-order valence-corrected chi connectivity index (χ0v) is 17.4. The summed E-state index contributed by atoms with van der Waals surface area (Å²) in [5, 5.41) is 9.55. The summed E-state index contributed by atoms with van der Waals surface area (Å²) in [5.41, 5.74) is 2.65. The van der Waals surface area contributed by atoms with Gasteiger partial charge in [0, 0.05) is 4.47 Å². The lowest BCUT2D eigenvalue weighted by Gasteiger charge is -2.14. The summed E-state index contributed by atoms with van der Waals surface area (Å²) in [6, 6.07) is 21.6. The fourth-order valence-corrected chi connectivity index (χ4v) is 3.21. The van der Waals surface area contributed by atoms with Crippen LogP contribution in [0.5, 0.6) is 11.5 Å². The first-order valence-corrected chi connectivity index (χ1v) is 9.90. The molecule has 0 aliphatic rings. The normalized spacial score (nSPS) is 11.0. The molecular weight excluding hydrogens is 433 g/mol. The van der Waals surface area contributed by atoms with Crippen LogP contribution in [0.2, 0.25) is 0 Å². The Balaban J connectivity index is 1.93. The first-order valence-electron chi connectivity index (χ1n) is 9.11. The van der Waals surface area contributed by atoms with Gasteiger partial charge in [0.1, 0.15) is 12.4 Å². The molecule has 0 heterocycles. The van der Waals surface area contributed by atoms with E-state index < -0.39 is 0 Å². The van der Waals surface area contributed by atoms with Crippen LogP contribution >= 0.6 is 15.9 Å². The topological polar surface area (TPSA) is 42.2 Å². The van der Waals surface area contributed by atoms with Crippen LogP contribution in [0.1, 0.15) is 23.6 Å². The molecule has 146 valence electrons. The number of nitrogens with zero attached hydrogens (tertiary/aromatic N) is 1. The number of nitriles is 1. The van der Waals surface area contributed by atoms with Gasteiger partial charge < -0.3 is 9.47 Å². The first-order chi connectivity index (χ1) is 14.1. The standard InChI is InChI=1S/C24H19BrFNO2/c1-2-28-23-13-19(11-20(15-27)18-9-6-10-21(26)12-18)22(25)14-24(23)29-16-17-7-4-3-5-8-17/h3-14H,2,16H2,1H3/b20-11-. The van der Waals surface area contributed by atoms with E-state index in [9.17, 15) is 9.65 Å². The Bertz CT molecular complexity index is 1060. The van der Waals surface area contributed by atoms with Gasteiger partial charge in [0.25, 0.3) is 0 Å². The zero-order valence-electron chi connectivity index (χ0n) is 15.9. The van der Waals surface area contributed by atoms with Gasteiger partial charge in [0.05, 0.1) is 18.2 Å². The molecule has 3 rings (SSSR count). The Hall–Kier alpha value is -3.10. The van der Waals surface area contributed by atoms with E-state index in [0.29, 0.717) is 35.8 Å². The maximum absolute atomic E-state index is 13.5. The molecule has 3 aromatic carbocycles. The van der Waals surface area contributed by atoms with Gasteiger partial charge in [-0.25, -0.2) is 4.39 Å². The van der Waals surface area contributed by atoms with Gasteiger partial charge in [0.2, 0.25) is 0 Å². The SMILES string of the molecule is CCOc1cc(/C=C(/C#N)c2cccc(F)c2)c(Br)cc1OCc1ccccc1. The molecule has 0 amide bonds. The van der Waals surface area contributed by atoms with E-state index in [0.717, 1.165) is 15.6 Å². The van der Waals surface area contributed by atoms with E-state index in [2.05, 4.69) is 22.0 Å². The van der Waals surface area contributed by atoms with E-state index in [-0.39, 0.29) is 5.82 Å². The Labute approximate surface area is 178 Å². The largest absolute Gasteiger partial charge is 0.490 e. The number of allylic oxidation sites excluding steroid dienone is 1. The molecule has 0 aliphatic carbocycles. The predicted octanol–water partition coefficient (Wildman–Crippen LogP) is 6.63. The Morgan fingerprint density at radius 1 is 1.03 bits per heavy atom. The molecule has 3 nitrogen and oxygen atoms in total. The molecule has 3 aromatic rings. The highest BCUT2D eigenvalue weighted by Gasteiger charge is 2.12. The van der Waals surface area contributed by atoms with Gasteiger partial charge in [-0.15, -0.1) is 0 Å². The Kier molecular flexibility index (Phi) is 7.04. The Morgan fingerprint density at radius 3 is 2.48 bits per heavy atom. The minimum Gasteiger partial charge on any atom is -0.490 e. The van der Waals surface area contributed by atoms with E-state index in [4.69, 9.17) is 9.47 Å². The third-order valence-corrected chi connectivity index (χ3v) is 4.84. The second kappa shape index (κ2) is 9.90. The van der Waals surface area contributed by atoms with Crippen molar-refractivity contribution in [1.82, 2.24) is 0 Å². The lowest BCUT2D eigenvalue weighted by molar-refractivity contribution is 0.269. The van der Waals surface area contributed by atoms with E-state index in [1.807, 2.05) is 49.4 Å². The minimum atomic E-state index is -0.387. The van der Waals surface area contributed by atoms with Gasteiger partial charge in [0.15, 0.2) is 11.5 Å². The maximum Gasteiger partial charge on any atom is 0.162 e. The highest BCUT2D eigenvalue weighted by atomic mass is 79.9. The van der Waals surface area contributed by atoms with E-state index in [1.54, 1.807) is 18.2 Å². The van der Waals surface area contributed by atoms with Crippen molar-refractivity contribution in [2.24, 2.45) is 0 Å². The quantitative estimate of drug-likeness (QED) is 0.299. The molecule has 0 saturated carbocycles. The molecule has 0 N–H and O–H groups in total. The van der Waals surface area contributed by atoms with Crippen LogP contribution in [0, 0.1) is 17.1 Å². The van der Waals surface area contributed by atoms with Gasteiger partial charge in [-0.3, -0.25) is 0 Å². The van der Waals surface area contributed by atoms with Gasteiger partial charge >= 0.3 is 0 Å². The zero-order chi connectivity index (χ0) is 20.6. The van der Waals surface area contributed by atoms with Gasteiger partial charge in [-0.1, -0.05) is 58.4 Å². The summed E-state index contributed by atoms with van der Waals surface area (Å²) in [5.74, 6) is 0.792. The highest BCUT2D eigenvalue weighted by Crippen LogP contribution is 2.36. The van der Waals surface area contributed by atoms with Crippen LogP contribution in [0.25, 0.3) is 11.6 Å². The Morgan fingerprint density at radius 2 is 1.79 bits per heavy atom. The van der Waals surface area contributed by atoms with Crippen molar-refractivity contribution >= 4 is 27.6 Å². The molecule has 0 radical (unpaired) electrons. The number of rotatable bonds is 7. The molecule has 0 fully saturated rings. The monoisotopic (exact) mass is 451 g/mol. The summed E-state index contributed by atoms with van der Waals surface area (Å²) in [4.78, 5) is 0. The fourth-order valence-electron chi connectivity index (χ4n) is 2.77. The molecule has 0 aliphatic heterocycles. The first kappa shape index (κ1) is 20.6. The van der Waals surface area contributed by atoms with Crippen molar-refractivity contribution in [3.05, 3.63) is 93.7 Å². The van der Waals surface area contributed by atoms with Crippen LogP contribution in [-0.2, 0) is 6.61 Å². The third kappa shape index (κ3) is 5.46. The summed E-state index contributed by atoms with van der Waals surface area (Å²) in [6.45, 7) is 2.78. The highest BCUT2D eigenvalue weighted by molar-refractivity contribution is 9.10. The third-order valence-electron chi connectivity index (χ3n) is 4.16. The smallest absolute Gasteiger partial charge is 0.162 e. The number of hydrogen-bond acceptors (Lipinski definition) is 3. The van der Waals surface area contributed by atoms with Crippen molar-refractivity contribution < 1.29 is 13.9 Å². The molecule has 0 unspecified atom stereocenters. The van der Waals surface area contributed by atoms with Crippen LogP contribution in [0.15, 0.2) is 71.2 Å². The molecule has 0 aromatic heterocycles. The average Bonchev–Trinajstić information content (AvgIpc) is 2.73. The van der Waals surface area contributed by atoms with Crippen LogP contribution in [-0.4, -0.2) is 6.61 Å². The molecule has 0 spiro atoms. The van der Waals surface area contributed by atoms with Gasteiger partial charge in [-0.2, -0.15) is 5.26 Å². The summed E-state index contributed by atoms with van der Waals surface area (Å²) in [6.07, 6.45) is 1.70. The number of hydrogen-bond donors (Lipinski definition) is 0. The van der Waals surface area contributed by atoms with Crippen molar-refractivity contribution in [2.75, 3.05) is 6.61 Å². The number of ether oxygens (including phenoxy) is 2. The number of benzene rings is 3. The van der Waals surface area contributed by atoms with Crippen molar-refractivity contribution in [3.63, 3.8) is 0 Å². The lowest BCUT2D eigenvalue weighted by Crippen LogP contribution is -2.00. The number of halogens is 2. The van der Waals surface area contributed by atoms with Crippen LogP contribution in [0.3, 0.4) is 0 Å². The minimum absolute atomic E-state index is 0.352. The second-order valence-corrected chi connectivity index (χ2v) is 7.06.